The number of nitrogens with two attached hydrogens (primary N) is 1. The number of benzene rings is 1. The second kappa shape index (κ2) is 4.26. The molecule has 0 atom stereocenters. The van der Waals surface area contributed by atoms with E-state index in [4.69, 9.17) is 5.73 Å². The summed E-state index contributed by atoms with van der Waals surface area (Å²) in [7, 11) is 0. The van der Waals surface area contributed by atoms with Crippen LogP contribution in [0.3, 0.4) is 0 Å². The molecule has 0 radical (unpaired) electrons. The van der Waals surface area contributed by atoms with Gasteiger partial charge in [0.1, 0.15) is 0 Å². The Hall–Kier alpha value is -0.630. The predicted molar refractivity (Wildman–Crippen MR) is 65.8 cm³/mol. The topological polar surface area (TPSA) is 26.0 Å². The summed E-state index contributed by atoms with van der Waals surface area (Å²) in [4.78, 5) is 1.21. The van der Waals surface area contributed by atoms with Crippen LogP contribution in [0.5, 0.6) is 0 Å². The van der Waals surface area contributed by atoms with Crippen molar-refractivity contribution in [2.24, 2.45) is 0 Å². The molecule has 0 spiro atoms. The average molecular weight is 209 g/mol. The molecule has 0 heterocycles. The molecule has 0 aliphatic rings. The van der Waals surface area contributed by atoms with E-state index in [2.05, 4.69) is 39.8 Å². The van der Waals surface area contributed by atoms with Crippen molar-refractivity contribution in [1.29, 1.82) is 0 Å². The first-order chi connectivity index (χ1) is 6.44. The summed E-state index contributed by atoms with van der Waals surface area (Å²) >= 11 is 1.86. The Labute approximate surface area is 91.1 Å². The van der Waals surface area contributed by atoms with E-state index in [1.165, 1.54) is 10.5 Å². The Morgan fingerprint density at radius 2 is 2.00 bits per heavy atom. The Balaban J connectivity index is 2.91. The smallest absolute Gasteiger partial charge is 0.0452 e. The fourth-order valence-corrected chi connectivity index (χ4v) is 2.27. The zero-order valence-electron chi connectivity index (χ0n) is 9.42. The highest BCUT2D eigenvalue weighted by Gasteiger charge is 2.17. The van der Waals surface area contributed by atoms with E-state index >= 15 is 0 Å². The first-order valence-corrected chi connectivity index (χ1v) is 5.81. The molecular formula is C12H19NS. The zero-order valence-corrected chi connectivity index (χ0v) is 10.2. The molecule has 0 saturated heterocycles. The summed E-state index contributed by atoms with van der Waals surface area (Å²) in [5.41, 5.74) is 8.09. The first-order valence-electron chi connectivity index (χ1n) is 5.00. The van der Waals surface area contributed by atoms with Crippen molar-refractivity contribution in [3.63, 3.8) is 0 Å². The quantitative estimate of drug-likeness (QED) is 0.604. The standard InChI is InChI=1S/C12H19NS/c1-5-12(3,4)14-11-8-9(2)6-7-10(11)13/h6-8H,5,13H2,1-4H3. The van der Waals surface area contributed by atoms with E-state index in [1.807, 2.05) is 17.8 Å². The van der Waals surface area contributed by atoms with Gasteiger partial charge in [0.05, 0.1) is 0 Å². The van der Waals surface area contributed by atoms with Crippen LogP contribution in [0, 0.1) is 6.92 Å². The third kappa shape index (κ3) is 2.95. The Morgan fingerprint density at radius 1 is 1.36 bits per heavy atom. The van der Waals surface area contributed by atoms with E-state index < -0.39 is 0 Å². The number of rotatable bonds is 3. The van der Waals surface area contributed by atoms with Crippen molar-refractivity contribution in [3.8, 4) is 0 Å². The van der Waals surface area contributed by atoms with Gasteiger partial charge in [0.25, 0.3) is 0 Å². The zero-order chi connectivity index (χ0) is 10.8. The van der Waals surface area contributed by atoms with Crippen LogP contribution in [-0.4, -0.2) is 4.75 Å². The molecule has 0 amide bonds. The van der Waals surface area contributed by atoms with Gasteiger partial charge in [0.2, 0.25) is 0 Å². The molecule has 1 aromatic rings. The van der Waals surface area contributed by atoms with Gasteiger partial charge in [-0.2, -0.15) is 0 Å². The lowest BCUT2D eigenvalue weighted by Crippen LogP contribution is -2.12. The maximum Gasteiger partial charge on any atom is 0.0452 e. The van der Waals surface area contributed by atoms with Crippen LogP contribution in [0.1, 0.15) is 32.8 Å². The van der Waals surface area contributed by atoms with Gasteiger partial charge in [-0.25, -0.2) is 0 Å². The molecule has 14 heavy (non-hydrogen) atoms. The van der Waals surface area contributed by atoms with E-state index in [1.54, 1.807) is 0 Å². The minimum atomic E-state index is 0.266. The highest BCUT2D eigenvalue weighted by Crippen LogP contribution is 2.38. The summed E-state index contributed by atoms with van der Waals surface area (Å²) in [6, 6.07) is 6.21. The molecule has 0 saturated carbocycles. The molecule has 1 rings (SSSR count). The van der Waals surface area contributed by atoms with Crippen molar-refractivity contribution in [1.82, 2.24) is 0 Å². The van der Waals surface area contributed by atoms with Gasteiger partial charge >= 0.3 is 0 Å². The molecule has 78 valence electrons. The highest BCUT2D eigenvalue weighted by molar-refractivity contribution is 8.00. The summed E-state index contributed by atoms with van der Waals surface area (Å²) in [6.07, 6.45) is 1.14. The molecule has 0 aliphatic carbocycles. The second-order valence-electron chi connectivity index (χ2n) is 4.26. The van der Waals surface area contributed by atoms with Gasteiger partial charge in [0.15, 0.2) is 0 Å². The third-order valence-electron chi connectivity index (χ3n) is 2.41. The van der Waals surface area contributed by atoms with Gasteiger partial charge in [-0.05, 0) is 31.0 Å². The summed E-state index contributed by atoms with van der Waals surface area (Å²) in [5, 5.41) is 0. The van der Waals surface area contributed by atoms with Crippen LogP contribution in [0.25, 0.3) is 0 Å². The van der Waals surface area contributed by atoms with Gasteiger partial charge < -0.3 is 5.73 Å². The van der Waals surface area contributed by atoms with E-state index in [9.17, 15) is 0 Å². The normalized spacial score (nSPS) is 11.7. The molecule has 0 aromatic heterocycles. The molecule has 0 bridgehead atoms. The van der Waals surface area contributed by atoms with Crippen LogP contribution in [0.15, 0.2) is 23.1 Å². The molecular weight excluding hydrogens is 190 g/mol. The lowest BCUT2D eigenvalue weighted by atomic mass is 10.1. The first kappa shape index (κ1) is 11.4. The summed E-state index contributed by atoms with van der Waals surface area (Å²) in [6.45, 7) is 8.81. The lowest BCUT2D eigenvalue weighted by Gasteiger charge is -2.22. The van der Waals surface area contributed by atoms with E-state index in [0.717, 1.165) is 12.1 Å². The molecule has 0 unspecified atom stereocenters. The van der Waals surface area contributed by atoms with E-state index in [-0.39, 0.29) is 4.75 Å². The fraction of sp³-hybridized carbons (Fsp3) is 0.500. The molecule has 2 N–H and O–H groups in total. The van der Waals surface area contributed by atoms with Crippen molar-refractivity contribution in [2.45, 2.75) is 43.8 Å². The molecule has 1 aromatic carbocycles. The van der Waals surface area contributed by atoms with Crippen LogP contribution >= 0.6 is 11.8 Å². The van der Waals surface area contributed by atoms with Crippen LogP contribution in [0.4, 0.5) is 5.69 Å². The maximum absolute atomic E-state index is 5.93. The van der Waals surface area contributed by atoms with Gasteiger partial charge in [0, 0.05) is 15.3 Å². The molecule has 1 nitrogen and oxygen atoms in total. The number of nitrogen functional groups attached to an aromatic ring is 1. The monoisotopic (exact) mass is 209 g/mol. The third-order valence-corrected chi connectivity index (χ3v) is 3.82. The van der Waals surface area contributed by atoms with Crippen molar-refractivity contribution >= 4 is 17.4 Å². The average Bonchev–Trinajstić information content (AvgIpc) is 2.11. The fourth-order valence-electron chi connectivity index (χ4n) is 1.10. The minimum Gasteiger partial charge on any atom is -0.398 e. The summed E-state index contributed by atoms with van der Waals surface area (Å²) < 4.78 is 0.266. The van der Waals surface area contributed by atoms with Gasteiger partial charge in [-0.15, -0.1) is 11.8 Å². The lowest BCUT2D eigenvalue weighted by molar-refractivity contribution is 0.685. The largest absolute Gasteiger partial charge is 0.398 e. The van der Waals surface area contributed by atoms with Crippen molar-refractivity contribution in [2.75, 3.05) is 5.73 Å². The number of hydrogen-bond acceptors (Lipinski definition) is 2. The Kier molecular flexibility index (Phi) is 3.48. The van der Waals surface area contributed by atoms with Crippen molar-refractivity contribution < 1.29 is 0 Å². The second-order valence-corrected chi connectivity index (χ2v) is 6.01. The van der Waals surface area contributed by atoms with Crippen LogP contribution in [0.2, 0.25) is 0 Å². The van der Waals surface area contributed by atoms with Crippen molar-refractivity contribution in [3.05, 3.63) is 23.8 Å². The van der Waals surface area contributed by atoms with Gasteiger partial charge in [-0.3, -0.25) is 0 Å². The van der Waals surface area contributed by atoms with E-state index in [0.29, 0.717) is 0 Å². The summed E-state index contributed by atoms with van der Waals surface area (Å²) in [5.74, 6) is 0. The minimum absolute atomic E-state index is 0.266. The van der Waals surface area contributed by atoms with Gasteiger partial charge in [-0.1, -0.05) is 26.8 Å². The number of thioether (sulfide) groups is 1. The molecule has 0 fully saturated rings. The SMILES string of the molecule is CCC(C)(C)Sc1cc(C)ccc1N. The van der Waals surface area contributed by atoms with Crippen LogP contribution in [-0.2, 0) is 0 Å². The number of hydrogen-bond donors (Lipinski definition) is 1. The molecule has 0 aliphatic heterocycles. The maximum atomic E-state index is 5.93. The Morgan fingerprint density at radius 3 is 2.57 bits per heavy atom. The number of aryl methyl sites for hydroxylation is 1. The van der Waals surface area contributed by atoms with Crippen LogP contribution < -0.4 is 5.73 Å². The predicted octanol–water partition coefficient (Wildman–Crippen LogP) is 3.86. The number of anilines is 1. The molecule has 2 heteroatoms. The highest BCUT2D eigenvalue weighted by atomic mass is 32.2. The Bertz CT molecular complexity index is 318.